The molecule has 8 nitrogen and oxygen atoms in total. The van der Waals surface area contributed by atoms with E-state index < -0.39 is 11.8 Å². The van der Waals surface area contributed by atoms with Crippen molar-refractivity contribution in [1.82, 2.24) is 15.1 Å². The van der Waals surface area contributed by atoms with E-state index in [1.54, 1.807) is 18.2 Å². The van der Waals surface area contributed by atoms with E-state index in [-0.39, 0.29) is 6.04 Å². The molecule has 2 N–H and O–H groups in total. The van der Waals surface area contributed by atoms with Crippen molar-refractivity contribution in [3.05, 3.63) is 54.1 Å². The number of ether oxygens (including phenoxy) is 1. The number of nitrogens with one attached hydrogen (secondary N) is 2. The lowest BCUT2D eigenvalue weighted by atomic mass is 10.0. The van der Waals surface area contributed by atoms with E-state index in [0.717, 1.165) is 37.4 Å². The van der Waals surface area contributed by atoms with Crippen LogP contribution in [0.15, 0.2) is 48.5 Å². The van der Waals surface area contributed by atoms with Crippen LogP contribution in [-0.2, 0) is 9.59 Å². The third kappa shape index (κ3) is 6.69. The number of hydrogen-bond donors (Lipinski definition) is 2. The highest BCUT2D eigenvalue weighted by Gasteiger charge is 2.26. The molecule has 1 heterocycles. The van der Waals surface area contributed by atoms with Gasteiger partial charge in [0.05, 0.1) is 18.3 Å². The number of rotatable bonds is 8. The summed E-state index contributed by atoms with van der Waals surface area (Å²) >= 11 is 0. The Morgan fingerprint density at radius 1 is 1.00 bits per heavy atom. The number of hydrogen-bond acceptors (Lipinski definition) is 6. The number of carbonyl (C=O) groups excluding carboxylic acids is 2. The van der Waals surface area contributed by atoms with Gasteiger partial charge in [0.25, 0.3) is 0 Å². The molecule has 0 aliphatic carbocycles. The molecule has 0 saturated carbocycles. The number of nitrogens with zero attached hydrogens (tertiary/aromatic N) is 3. The third-order valence-electron chi connectivity index (χ3n) is 5.87. The van der Waals surface area contributed by atoms with Crippen LogP contribution in [0.4, 0.5) is 11.4 Å². The first-order valence-electron chi connectivity index (χ1n) is 11.4. The van der Waals surface area contributed by atoms with E-state index in [4.69, 9.17) is 4.74 Å². The van der Waals surface area contributed by atoms with E-state index in [1.807, 2.05) is 27.1 Å². The number of para-hydroxylation sites is 2. The Balaban J connectivity index is 1.68. The summed E-state index contributed by atoms with van der Waals surface area (Å²) in [7, 11) is 6.13. The quantitative estimate of drug-likeness (QED) is 0.597. The highest BCUT2D eigenvalue weighted by atomic mass is 16.5. The zero-order valence-electron chi connectivity index (χ0n) is 20.0. The molecule has 1 atom stereocenters. The van der Waals surface area contributed by atoms with Crippen molar-refractivity contribution in [3.63, 3.8) is 0 Å². The minimum atomic E-state index is -0.706. The Hall–Kier alpha value is -3.10. The molecule has 1 unspecified atom stereocenters. The Morgan fingerprint density at radius 3 is 2.30 bits per heavy atom. The number of anilines is 2. The van der Waals surface area contributed by atoms with Gasteiger partial charge in [0.2, 0.25) is 0 Å². The molecule has 1 saturated heterocycles. The Bertz CT molecular complexity index is 924. The van der Waals surface area contributed by atoms with Gasteiger partial charge in [-0.1, -0.05) is 24.3 Å². The van der Waals surface area contributed by atoms with Gasteiger partial charge >= 0.3 is 11.8 Å². The molecular formula is C25H35N5O3. The third-order valence-corrected chi connectivity index (χ3v) is 5.87. The molecule has 8 heteroatoms. The predicted molar refractivity (Wildman–Crippen MR) is 132 cm³/mol. The van der Waals surface area contributed by atoms with Crippen molar-refractivity contribution in [2.45, 2.75) is 13.0 Å². The molecule has 178 valence electrons. The van der Waals surface area contributed by atoms with Gasteiger partial charge in [-0.3, -0.25) is 14.5 Å². The maximum atomic E-state index is 12.6. The second-order valence-electron chi connectivity index (χ2n) is 8.43. The van der Waals surface area contributed by atoms with Crippen LogP contribution < -0.4 is 20.3 Å². The van der Waals surface area contributed by atoms with E-state index in [1.165, 1.54) is 0 Å². The molecule has 0 radical (unpaired) electrons. The maximum absolute atomic E-state index is 12.6. The molecule has 1 aliphatic rings. The standard InChI is InChI=1S/C25H35N5O3/c1-5-33-23-9-7-6-8-21(23)27-25(32)24(31)26-18-22(30-16-14-29(4)15-17-30)19-10-12-20(13-11-19)28(2)3/h6-13,22H,5,14-18H2,1-4H3,(H,26,31)(H,27,32). The molecule has 3 rings (SSSR count). The number of amides is 2. The lowest BCUT2D eigenvalue weighted by Gasteiger charge is -2.38. The fourth-order valence-corrected chi connectivity index (χ4v) is 3.89. The second kappa shape index (κ2) is 11.7. The van der Waals surface area contributed by atoms with Gasteiger partial charge in [-0.05, 0) is 43.8 Å². The van der Waals surface area contributed by atoms with Gasteiger partial charge in [0, 0.05) is 52.5 Å². The van der Waals surface area contributed by atoms with Crippen LogP contribution in [0.3, 0.4) is 0 Å². The summed E-state index contributed by atoms with van der Waals surface area (Å²) in [6, 6.07) is 15.4. The smallest absolute Gasteiger partial charge is 0.313 e. The number of piperazine rings is 1. The Kier molecular flexibility index (Phi) is 8.68. The second-order valence-corrected chi connectivity index (χ2v) is 8.43. The average molecular weight is 454 g/mol. The van der Waals surface area contributed by atoms with Crippen molar-refractivity contribution >= 4 is 23.2 Å². The maximum Gasteiger partial charge on any atom is 0.313 e. The average Bonchev–Trinajstić information content (AvgIpc) is 2.82. The summed E-state index contributed by atoms with van der Waals surface area (Å²) in [6.07, 6.45) is 0. The van der Waals surface area contributed by atoms with Crippen molar-refractivity contribution in [3.8, 4) is 5.75 Å². The van der Waals surface area contributed by atoms with Crippen molar-refractivity contribution in [2.75, 3.05) is 70.7 Å². The molecule has 1 aliphatic heterocycles. The SMILES string of the molecule is CCOc1ccccc1NC(=O)C(=O)NCC(c1ccc(N(C)C)cc1)N1CCN(C)CC1. The zero-order valence-corrected chi connectivity index (χ0v) is 20.0. The van der Waals surface area contributed by atoms with Crippen LogP contribution in [0, 0.1) is 0 Å². The van der Waals surface area contributed by atoms with Crippen LogP contribution in [0.1, 0.15) is 18.5 Å². The van der Waals surface area contributed by atoms with Crippen molar-refractivity contribution < 1.29 is 14.3 Å². The Labute approximate surface area is 196 Å². The number of carbonyl (C=O) groups is 2. The van der Waals surface area contributed by atoms with Crippen LogP contribution in [0.2, 0.25) is 0 Å². The van der Waals surface area contributed by atoms with E-state index >= 15 is 0 Å². The normalized spacial score (nSPS) is 15.5. The molecule has 2 aromatic carbocycles. The molecular weight excluding hydrogens is 418 g/mol. The van der Waals surface area contributed by atoms with Crippen molar-refractivity contribution in [2.24, 2.45) is 0 Å². The molecule has 1 fully saturated rings. The zero-order chi connectivity index (χ0) is 23.8. The van der Waals surface area contributed by atoms with Gasteiger partial charge in [0.15, 0.2) is 0 Å². The largest absolute Gasteiger partial charge is 0.492 e. The molecule has 2 aromatic rings. The van der Waals surface area contributed by atoms with Gasteiger partial charge in [-0.25, -0.2) is 0 Å². The van der Waals surface area contributed by atoms with Crippen LogP contribution in [-0.4, -0.2) is 82.1 Å². The Morgan fingerprint density at radius 2 is 1.67 bits per heavy atom. The summed E-state index contributed by atoms with van der Waals surface area (Å²) in [5.74, 6) is -0.829. The van der Waals surface area contributed by atoms with Crippen molar-refractivity contribution in [1.29, 1.82) is 0 Å². The summed E-state index contributed by atoms with van der Waals surface area (Å²) in [5.41, 5.74) is 2.72. The minimum Gasteiger partial charge on any atom is -0.492 e. The van der Waals surface area contributed by atoms with E-state index in [2.05, 4.69) is 56.6 Å². The summed E-state index contributed by atoms with van der Waals surface area (Å²) < 4.78 is 5.53. The summed E-state index contributed by atoms with van der Waals surface area (Å²) in [6.45, 7) is 6.43. The monoisotopic (exact) mass is 453 g/mol. The molecule has 0 bridgehead atoms. The fraction of sp³-hybridized carbons (Fsp3) is 0.440. The number of benzene rings is 2. The molecule has 2 amide bonds. The van der Waals surface area contributed by atoms with E-state index in [9.17, 15) is 9.59 Å². The summed E-state index contributed by atoms with van der Waals surface area (Å²) in [4.78, 5) is 31.9. The number of likely N-dealkylation sites (N-methyl/N-ethyl adjacent to an activating group) is 1. The predicted octanol–water partition coefficient (Wildman–Crippen LogP) is 2.19. The first-order valence-corrected chi connectivity index (χ1v) is 11.4. The van der Waals surface area contributed by atoms with Crippen LogP contribution >= 0.6 is 0 Å². The molecule has 0 aromatic heterocycles. The van der Waals surface area contributed by atoms with Gasteiger partial charge in [-0.15, -0.1) is 0 Å². The van der Waals surface area contributed by atoms with Crippen LogP contribution in [0.25, 0.3) is 0 Å². The molecule has 0 spiro atoms. The fourth-order valence-electron chi connectivity index (χ4n) is 3.89. The van der Waals surface area contributed by atoms with E-state index in [0.29, 0.717) is 24.6 Å². The lowest BCUT2D eigenvalue weighted by Crippen LogP contribution is -2.49. The summed E-state index contributed by atoms with van der Waals surface area (Å²) in [5, 5.41) is 5.50. The first kappa shape index (κ1) is 24.5. The van der Waals surface area contributed by atoms with Gasteiger partial charge in [-0.2, -0.15) is 0 Å². The lowest BCUT2D eigenvalue weighted by molar-refractivity contribution is -0.136. The highest BCUT2D eigenvalue weighted by molar-refractivity contribution is 6.39. The van der Waals surface area contributed by atoms with Crippen LogP contribution in [0.5, 0.6) is 5.75 Å². The topological polar surface area (TPSA) is 77.1 Å². The minimum absolute atomic E-state index is 0.0117. The first-order chi connectivity index (χ1) is 15.9. The van der Waals surface area contributed by atoms with Gasteiger partial charge < -0.3 is 25.2 Å². The molecule has 33 heavy (non-hydrogen) atoms. The highest BCUT2D eigenvalue weighted by Crippen LogP contribution is 2.25. The van der Waals surface area contributed by atoms with Gasteiger partial charge in [0.1, 0.15) is 5.75 Å².